The molecule has 15 heavy (non-hydrogen) atoms. The van der Waals surface area contributed by atoms with Crippen molar-refractivity contribution in [2.75, 3.05) is 0 Å². The Morgan fingerprint density at radius 2 is 2.07 bits per heavy atom. The fourth-order valence-corrected chi connectivity index (χ4v) is 1.64. The Kier molecular flexibility index (Phi) is 2.82. The Balaban J connectivity index is 2.14. The van der Waals surface area contributed by atoms with Crippen molar-refractivity contribution in [3.05, 3.63) is 35.9 Å². The summed E-state index contributed by atoms with van der Waals surface area (Å²) in [5, 5.41) is 1.22. The van der Waals surface area contributed by atoms with Crippen LogP contribution in [0.15, 0.2) is 39.2 Å². The van der Waals surface area contributed by atoms with Crippen molar-refractivity contribution >= 4 is 18.0 Å². The molecule has 4 nitrogen and oxygen atoms in total. The summed E-state index contributed by atoms with van der Waals surface area (Å²) in [7, 11) is 0. The van der Waals surface area contributed by atoms with E-state index in [2.05, 4.69) is 9.97 Å². The summed E-state index contributed by atoms with van der Waals surface area (Å²) in [5.41, 5.74) is 1.01. The molecule has 0 fully saturated rings. The second kappa shape index (κ2) is 4.27. The summed E-state index contributed by atoms with van der Waals surface area (Å²) in [6, 6.07) is 3.33. The molecule has 2 rings (SSSR count). The van der Waals surface area contributed by atoms with Gasteiger partial charge < -0.3 is 4.42 Å². The quantitative estimate of drug-likeness (QED) is 0.587. The van der Waals surface area contributed by atoms with Crippen LogP contribution in [0, 0.1) is 6.92 Å². The first-order valence-electron chi connectivity index (χ1n) is 4.29. The second-order valence-corrected chi connectivity index (χ2v) is 3.89. The maximum atomic E-state index is 10.4. The van der Waals surface area contributed by atoms with Crippen molar-refractivity contribution in [1.82, 2.24) is 9.97 Å². The van der Waals surface area contributed by atoms with E-state index in [0.29, 0.717) is 22.3 Å². The van der Waals surface area contributed by atoms with E-state index in [1.54, 1.807) is 24.5 Å². The first-order chi connectivity index (χ1) is 7.28. The highest BCUT2D eigenvalue weighted by molar-refractivity contribution is 7.99. The molecule has 0 aromatic carbocycles. The third kappa shape index (κ3) is 2.44. The molecule has 0 bridgehead atoms. The third-order valence-electron chi connectivity index (χ3n) is 1.67. The molecule has 0 N–H and O–H groups in total. The molecule has 2 heterocycles. The van der Waals surface area contributed by atoms with E-state index in [0.717, 1.165) is 5.56 Å². The minimum atomic E-state index is 0.310. The lowest BCUT2D eigenvalue weighted by atomic mass is 10.4. The van der Waals surface area contributed by atoms with Gasteiger partial charge in [0.1, 0.15) is 0 Å². The lowest BCUT2D eigenvalue weighted by Crippen LogP contribution is -1.85. The van der Waals surface area contributed by atoms with E-state index in [1.165, 1.54) is 11.8 Å². The fraction of sp³-hybridized carbons (Fsp3) is 0.100. The van der Waals surface area contributed by atoms with Crippen LogP contribution in [0.25, 0.3) is 0 Å². The van der Waals surface area contributed by atoms with Crippen LogP contribution in [0.1, 0.15) is 16.1 Å². The van der Waals surface area contributed by atoms with Crippen molar-refractivity contribution in [1.29, 1.82) is 0 Å². The molecule has 0 amide bonds. The molecule has 5 heteroatoms. The van der Waals surface area contributed by atoms with E-state index < -0.39 is 0 Å². The van der Waals surface area contributed by atoms with Gasteiger partial charge in [0.15, 0.2) is 22.3 Å². The van der Waals surface area contributed by atoms with E-state index in [1.807, 2.05) is 6.92 Å². The minimum Gasteiger partial charge on any atom is -0.447 e. The maximum Gasteiger partial charge on any atom is 0.195 e. The predicted molar refractivity (Wildman–Crippen MR) is 55.0 cm³/mol. The van der Waals surface area contributed by atoms with Gasteiger partial charge in [-0.15, -0.1) is 0 Å². The number of aldehydes is 1. The SMILES string of the molecule is Cc1cnc(Sc2ccc(C=O)o2)nc1. The number of hydrogen-bond acceptors (Lipinski definition) is 5. The van der Waals surface area contributed by atoms with Crippen LogP contribution >= 0.6 is 11.8 Å². The van der Waals surface area contributed by atoms with Gasteiger partial charge in [0, 0.05) is 12.4 Å². The number of aromatic nitrogens is 2. The molecule has 0 radical (unpaired) electrons. The lowest BCUT2D eigenvalue weighted by molar-refractivity contribution is 0.109. The fourth-order valence-electron chi connectivity index (χ4n) is 0.976. The van der Waals surface area contributed by atoms with Crippen LogP contribution in [0.3, 0.4) is 0 Å². The zero-order valence-electron chi connectivity index (χ0n) is 8.01. The molecule has 0 aliphatic carbocycles. The Bertz CT molecular complexity index is 465. The normalized spacial score (nSPS) is 10.2. The molecule has 0 saturated carbocycles. The van der Waals surface area contributed by atoms with Crippen LogP contribution < -0.4 is 0 Å². The van der Waals surface area contributed by atoms with E-state index in [9.17, 15) is 4.79 Å². The molecular formula is C10H8N2O2S. The van der Waals surface area contributed by atoms with E-state index in [-0.39, 0.29) is 0 Å². The summed E-state index contributed by atoms with van der Waals surface area (Å²) in [4.78, 5) is 18.6. The second-order valence-electron chi connectivity index (χ2n) is 2.92. The van der Waals surface area contributed by atoms with Gasteiger partial charge in [0.05, 0.1) is 0 Å². The van der Waals surface area contributed by atoms with Gasteiger partial charge in [-0.25, -0.2) is 9.97 Å². The van der Waals surface area contributed by atoms with E-state index >= 15 is 0 Å². The molecule has 0 aliphatic rings. The van der Waals surface area contributed by atoms with Gasteiger partial charge in [0.2, 0.25) is 0 Å². The molecule has 0 aliphatic heterocycles. The van der Waals surface area contributed by atoms with Crippen LogP contribution in [0.5, 0.6) is 0 Å². The average molecular weight is 220 g/mol. The van der Waals surface area contributed by atoms with Crippen molar-refractivity contribution in [2.24, 2.45) is 0 Å². The molecule has 2 aromatic rings. The lowest BCUT2D eigenvalue weighted by Gasteiger charge is -1.95. The molecule has 0 spiro atoms. The van der Waals surface area contributed by atoms with Crippen LogP contribution in [-0.4, -0.2) is 16.3 Å². The summed E-state index contributed by atoms with van der Waals surface area (Å²) in [6.45, 7) is 1.92. The summed E-state index contributed by atoms with van der Waals surface area (Å²) < 4.78 is 5.18. The van der Waals surface area contributed by atoms with Gasteiger partial charge in [-0.05, 0) is 36.4 Å². The van der Waals surface area contributed by atoms with Gasteiger partial charge >= 0.3 is 0 Å². The highest BCUT2D eigenvalue weighted by atomic mass is 32.2. The zero-order valence-corrected chi connectivity index (χ0v) is 8.82. The molecule has 2 aromatic heterocycles. The Hall–Kier alpha value is -1.62. The van der Waals surface area contributed by atoms with Crippen molar-refractivity contribution < 1.29 is 9.21 Å². The Morgan fingerprint density at radius 1 is 1.33 bits per heavy atom. The van der Waals surface area contributed by atoms with Crippen molar-refractivity contribution in [3.63, 3.8) is 0 Å². The number of nitrogens with zero attached hydrogens (tertiary/aromatic N) is 2. The largest absolute Gasteiger partial charge is 0.447 e. The molecule has 0 atom stereocenters. The van der Waals surface area contributed by atoms with Crippen LogP contribution in [0.2, 0.25) is 0 Å². The highest BCUT2D eigenvalue weighted by Gasteiger charge is 2.04. The number of carbonyl (C=O) groups excluding carboxylic acids is 1. The number of hydrogen-bond donors (Lipinski definition) is 0. The smallest absolute Gasteiger partial charge is 0.195 e. The zero-order chi connectivity index (χ0) is 10.7. The summed E-state index contributed by atoms with van der Waals surface area (Å²) in [5.74, 6) is 0.310. The summed E-state index contributed by atoms with van der Waals surface area (Å²) >= 11 is 1.28. The Morgan fingerprint density at radius 3 is 2.67 bits per heavy atom. The topological polar surface area (TPSA) is 56.0 Å². The Labute approximate surface area is 90.7 Å². The number of furan rings is 1. The van der Waals surface area contributed by atoms with Crippen molar-refractivity contribution in [3.8, 4) is 0 Å². The van der Waals surface area contributed by atoms with E-state index in [4.69, 9.17) is 4.42 Å². The van der Waals surface area contributed by atoms with Gasteiger partial charge in [-0.1, -0.05) is 0 Å². The average Bonchev–Trinajstić information content (AvgIpc) is 2.69. The number of carbonyl (C=O) groups is 1. The van der Waals surface area contributed by atoms with Crippen LogP contribution in [-0.2, 0) is 0 Å². The van der Waals surface area contributed by atoms with Gasteiger partial charge in [-0.2, -0.15) is 0 Å². The highest BCUT2D eigenvalue weighted by Crippen LogP contribution is 2.25. The van der Waals surface area contributed by atoms with Gasteiger partial charge in [-0.3, -0.25) is 4.79 Å². The molecule has 76 valence electrons. The summed E-state index contributed by atoms with van der Waals surface area (Å²) in [6.07, 6.45) is 4.14. The predicted octanol–water partition coefficient (Wildman–Crippen LogP) is 2.34. The first-order valence-corrected chi connectivity index (χ1v) is 5.11. The standard InChI is InChI=1S/C10H8N2O2S/c1-7-4-11-10(12-5-7)15-9-3-2-8(6-13)14-9/h2-6H,1H3. The minimum absolute atomic E-state index is 0.310. The molecule has 0 saturated heterocycles. The van der Waals surface area contributed by atoms with Crippen LogP contribution in [0.4, 0.5) is 0 Å². The number of rotatable bonds is 3. The molecule has 0 unspecified atom stereocenters. The third-order valence-corrected chi connectivity index (χ3v) is 2.48. The first kappa shape index (κ1) is 9.92. The molecular weight excluding hydrogens is 212 g/mol. The monoisotopic (exact) mass is 220 g/mol. The van der Waals surface area contributed by atoms with Gasteiger partial charge in [0.25, 0.3) is 0 Å². The number of aryl methyl sites for hydroxylation is 1. The van der Waals surface area contributed by atoms with Crippen molar-refractivity contribution in [2.45, 2.75) is 17.2 Å². The maximum absolute atomic E-state index is 10.4.